The van der Waals surface area contributed by atoms with Crippen LogP contribution in [-0.4, -0.2) is 6.54 Å². The molecule has 0 atom stereocenters. The van der Waals surface area contributed by atoms with Gasteiger partial charge >= 0.3 is 0 Å². The molecule has 19 heavy (non-hydrogen) atoms. The standard InChI is InChI=1S/C18H21N/c1-13(2)15-6-3-7-16(11-15)17-8-4-5-14-9-10-19-12-18(14)17/h3-8,11,13,19H,9-10,12H2,1-2H3. The van der Waals surface area contributed by atoms with E-state index < -0.39 is 0 Å². The maximum atomic E-state index is 3.49. The fraction of sp³-hybridized carbons (Fsp3) is 0.333. The fourth-order valence-corrected chi connectivity index (χ4v) is 2.85. The molecule has 0 saturated heterocycles. The Balaban J connectivity index is 2.09. The van der Waals surface area contributed by atoms with Crippen LogP contribution in [-0.2, 0) is 13.0 Å². The van der Waals surface area contributed by atoms with Gasteiger partial charge in [0.05, 0.1) is 0 Å². The predicted octanol–water partition coefficient (Wildman–Crippen LogP) is 4.12. The van der Waals surface area contributed by atoms with Gasteiger partial charge in [-0.15, -0.1) is 0 Å². The zero-order chi connectivity index (χ0) is 13.2. The smallest absolute Gasteiger partial charge is 0.0214 e. The van der Waals surface area contributed by atoms with Crippen LogP contribution in [0.25, 0.3) is 11.1 Å². The average Bonchev–Trinajstić information content (AvgIpc) is 2.47. The van der Waals surface area contributed by atoms with Crippen LogP contribution in [0, 0.1) is 0 Å². The van der Waals surface area contributed by atoms with Gasteiger partial charge in [-0.1, -0.05) is 56.3 Å². The van der Waals surface area contributed by atoms with Crippen LogP contribution < -0.4 is 5.32 Å². The second-order valence-corrected chi connectivity index (χ2v) is 5.65. The summed E-state index contributed by atoms with van der Waals surface area (Å²) in [6.07, 6.45) is 1.15. The number of benzene rings is 2. The molecule has 0 bridgehead atoms. The monoisotopic (exact) mass is 251 g/mol. The lowest BCUT2D eigenvalue weighted by Gasteiger charge is -2.21. The molecule has 1 aliphatic rings. The molecule has 0 radical (unpaired) electrons. The molecule has 0 amide bonds. The van der Waals surface area contributed by atoms with Crippen molar-refractivity contribution in [1.29, 1.82) is 0 Å². The molecule has 0 saturated carbocycles. The Bertz CT molecular complexity index is 584. The summed E-state index contributed by atoms with van der Waals surface area (Å²) < 4.78 is 0. The highest BCUT2D eigenvalue weighted by atomic mass is 14.9. The molecule has 0 aromatic heterocycles. The Kier molecular flexibility index (Phi) is 3.39. The first kappa shape index (κ1) is 12.4. The van der Waals surface area contributed by atoms with Gasteiger partial charge in [0.2, 0.25) is 0 Å². The summed E-state index contributed by atoms with van der Waals surface area (Å²) in [6.45, 7) is 6.60. The van der Waals surface area contributed by atoms with Crippen LogP contribution in [0.4, 0.5) is 0 Å². The van der Waals surface area contributed by atoms with Crippen LogP contribution in [0.5, 0.6) is 0 Å². The Labute approximate surface area is 115 Å². The predicted molar refractivity (Wildman–Crippen MR) is 81.4 cm³/mol. The molecule has 2 aromatic rings. The highest BCUT2D eigenvalue weighted by Crippen LogP contribution is 2.30. The first-order valence-electron chi connectivity index (χ1n) is 7.17. The van der Waals surface area contributed by atoms with Crippen LogP contribution in [0.2, 0.25) is 0 Å². The molecule has 0 fully saturated rings. The average molecular weight is 251 g/mol. The maximum Gasteiger partial charge on any atom is 0.0214 e. The summed E-state index contributed by atoms with van der Waals surface area (Å²) in [6, 6.07) is 15.7. The zero-order valence-corrected chi connectivity index (χ0v) is 11.7. The summed E-state index contributed by atoms with van der Waals surface area (Å²) >= 11 is 0. The molecule has 0 aliphatic carbocycles. The Hall–Kier alpha value is -1.60. The summed E-state index contributed by atoms with van der Waals surface area (Å²) in [5.41, 5.74) is 7.15. The lowest BCUT2D eigenvalue weighted by molar-refractivity contribution is 0.645. The third-order valence-corrected chi connectivity index (χ3v) is 4.01. The molecular weight excluding hydrogens is 230 g/mol. The van der Waals surface area contributed by atoms with Crippen LogP contribution in [0.3, 0.4) is 0 Å². The third-order valence-electron chi connectivity index (χ3n) is 4.01. The minimum atomic E-state index is 0.581. The lowest BCUT2D eigenvalue weighted by atomic mass is 9.90. The van der Waals surface area contributed by atoms with Crippen LogP contribution >= 0.6 is 0 Å². The van der Waals surface area contributed by atoms with Crippen molar-refractivity contribution in [3.63, 3.8) is 0 Å². The molecule has 0 spiro atoms. The van der Waals surface area contributed by atoms with Crippen molar-refractivity contribution in [3.05, 3.63) is 59.2 Å². The minimum absolute atomic E-state index is 0.581. The molecule has 3 rings (SSSR count). The summed E-state index contributed by atoms with van der Waals surface area (Å²) in [7, 11) is 0. The molecule has 1 aliphatic heterocycles. The molecule has 1 heterocycles. The van der Waals surface area contributed by atoms with E-state index in [1.165, 1.54) is 27.8 Å². The summed E-state index contributed by atoms with van der Waals surface area (Å²) in [5.74, 6) is 0.581. The highest BCUT2D eigenvalue weighted by molar-refractivity contribution is 5.69. The summed E-state index contributed by atoms with van der Waals surface area (Å²) in [4.78, 5) is 0. The second-order valence-electron chi connectivity index (χ2n) is 5.65. The number of rotatable bonds is 2. The molecule has 1 nitrogen and oxygen atoms in total. The van der Waals surface area contributed by atoms with Gasteiger partial charge in [0.25, 0.3) is 0 Å². The normalized spacial score (nSPS) is 14.5. The molecule has 1 N–H and O–H groups in total. The van der Waals surface area contributed by atoms with E-state index in [0.717, 1.165) is 19.5 Å². The van der Waals surface area contributed by atoms with Crippen molar-refractivity contribution in [1.82, 2.24) is 5.32 Å². The quantitative estimate of drug-likeness (QED) is 0.846. The largest absolute Gasteiger partial charge is 0.312 e. The number of hydrogen-bond acceptors (Lipinski definition) is 1. The Morgan fingerprint density at radius 1 is 1.05 bits per heavy atom. The Morgan fingerprint density at radius 3 is 2.74 bits per heavy atom. The number of hydrogen-bond donors (Lipinski definition) is 1. The topological polar surface area (TPSA) is 12.0 Å². The van der Waals surface area contributed by atoms with Crippen molar-refractivity contribution in [2.75, 3.05) is 6.54 Å². The van der Waals surface area contributed by atoms with Gasteiger partial charge in [-0.05, 0) is 46.7 Å². The van der Waals surface area contributed by atoms with Crippen molar-refractivity contribution < 1.29 is 0 Å². The van der Waals surface area contributed by atoms with E-state index in [1.54, 1.807) is 0 Å². The van der Waals surface area contributed by atoms with Gasteiger partial charge in [0.1, 0.15) is 0 Å². The molecule has 1 heteroatoms. The SMILES string of the molecule is CC(C)c1cccc(-c2cccc3c2CNCC3)c1. The van der Waals surface area contributed by atoms with Crippen molar-refractivity contribution in [3.8, 4) is 11.1 Å². The van der Waals surface area contributed by atoms with Crippen molar-refractivity contribution in [2.24, 2.45) is 0 Å². The fourth-order valence-electron chi connectivity index (χ4n) is 2.85. The number of fused-ring (bicyclic) bond motifs is 1. The van der Waals surface area contributed by atoms with E-state index in [-0.39, 0.29) is 0 Å². The van der Waals surface area contributed by atoms with Crippen LogP contribution in [0.1, 0.15) is 36.5 Å². The van der Waals surface area contributed by atoms with E-state index in [4.69, 9.17) is 0 Å². The van der Waals surface area contributed by atoms with Gasteiger partial charge in [-0.2, -0.15) is 0 Å². The van der Waals surface area contributed by atoms with E-state index >= 15 is 0 Å². The van der Waals surface area contributed by atoms with Gasteiger partial charge in [0.15, 0.2) is 0 Å². The molecule has 98 valence electrons. The van der Waals surface area contributed by atoms with Gasteiger partial charge in [-0.3, -0.25) is 0 Å². The maximum absolute atomic E-state index is 3.49. The van der Waals surface area contributed by atoms with Gasteiger partial charge in [-0.25, -0.2) is 0 Å². The first-order valence-corrected chi connectivity index (χ1v) is 7.17. The van der Waals surface area contributed by atoms with Gasteiger partial charge < -0.3 is 5.32 Å². The van der Waals surface area contributed by atoms with E-state index in [2.05, 4.69) is 61.6 Å². The first-order chi connectivity index (χ1) is 9.25. The van der Waals surface area contributed by atoms with Gasteiger partial charge in [0, 0.05) is 6.54 Å². The lowest BCUT2D eigenvalue weighted by Crippen LogP contribution is -2.24. The highest BCUT2D eigenvalue weighted by Gasteiger charge is 2.13. The number of nitrogens with one attached hydrogen (secondary N) is 1. The van der Waals surface area contributed by atoms with E-state index in [9.17, 15) is 0 Å². The third kappa shape index (κ3) is 2.43. The van der Waals surface area contributed by atoms with E-state index in [0.29, 0.717) is 5.92 Å². The molecule has 0 unspecified atom stereocenters. The van der Waals surface area contributed by atoms with E-state index in [1.807, 2.05) is 0 Å². The minimum Gasteiger partial charge on any atom is -0.312 e. The second kappa shape index (κ2) is 5.18. The Morgan fingerprint density at radius 2 is 1.89 bits per heavy atom. The molecular formula is C18H21N. The van der Waals surface area contributed by atoms with Crippen molar-refractivity contribution >= 4 is 0 Å². The van der Waals surface area contributed by atoms with Crippen molar-refractivity contribution in [2.45, 2.75) is 32.7 Å². The van der Waals surface area contributed by atoms with Crippen LogP contribution in [0.15, 0.2) is 42.5 Å². The molecule has 2 aromatic carbocycles. The summed E-state index contributed by atoms with van der Waals surface area (Å²) in [5, 5.41) is 3.49. The zero-order valence-electron chi connectivity index (χ0n) is 11.7.